The van der Waals surface area contributed by atoms with Crippen molar-refractivity contribution in [2.24, 2.45) is 5.92 Å². The SMILES string of the molecule is Cc1cc(C(=O)NCC(C)(O)C(C)C)nn1-c1ccc(F)cc1. The number of rotatable bonds is 5. The summed E-state index contributed by atoms with van der Waals surface area (Å²) in [4.78, 5) is 12.2. The molecule has 0 aliphatic rings. The van der Waals surface area contributed by atoms with Crippen LogP contribution in [0.3, 0.4) is 0 Å². The zero-order chi connectivity index (χ0) is 17.2. The van der Waals surface area contributed by atoms with Gasteiger partial charge in [-0.1, -0.05) is 13.8 Å². The number of amides is 1. The van der Waals surface area contributed by atoms with Gasteiger partial charge in [-0.05, 0) is 50.1 Å². The molecule has 0 aliphatic carbocycles. The van der Waals surface area contributed by atoms with Crippen LogP contribution in [0.15, 0.2) is 30.3 Å². The Morgan fingerprint density at radius 1 is 1.39 bits per heavy atom. The van der Waals surface area contributed by atoms with Crippen LogP contribution in [0.5, 0.6) is 0 Å². The van der Waals surface area contributed by atoms with Crippen molar-refractivity contribution in [2.75, 3.05) is 6.54 Å². The maximum Gasteiger partial charge on any atom is 0.271 e. The predicted molar refractivity (Wildman–Crippen MR) is 86.1 cm³/mol. The van der Waals surface area contributed by atoms with E-state index in [9.17, 15) is 14.3 Å². The fourth-order valence-corrected chi connectivity index (χ4v) is 1.98. The van der Waals surface area contributed by atoms with Gasteiger partial charge in [0.25, 0.3) is 5.91 Å². The van der Waals surface area contributed by atoms with Crippen molar-refractivity contribution in [3.05, 3.63) is 47.5 Å². The summed E-state index contributed by atoms with van der Waals surface area (Å²) in [7, 11) is 0. The fraction of sp³-hybridized carbons (Fsp3) is 0.412. The van der Waals surface area contributed by atoms with Gasteiger partial charge in [0, 0.05) is 12.2 Å². The van der Waals surface area contributed by atoms with Crippen LogP contribution in [0.2, 0.25) is 0 Å². The molecule has 23 heavy (non-hydrogen) atoms. The minimum absolute atomic E-state index is 0.0151. The molecular formula is C17H22FN3O2. The minimum atomic E-state index is -0.982. The highest BCUT2D eigenvalue weighted by Gasteiger charge is 2.26. The molecule has 0 saturated heterocycles. The Bertz CT molecular complexity index is 690. The van der Waals surface area contributed by atoms with Crippen LogP contribution in [0, 0.1) is 18.7 Å². The number of nitrogens with zero attached hydrogens (tertiary/aromatic N) is 2. The third-order valence-corrected chi connectivity index (χ3v) is 4.04. The Hall–Kier alpha value is -2.21. The molecule has 1 aromatic carbocycles. The molecular weight excluding hydrogens is 297 g/mol. The van der Waals surface area contributed by atoms with Crippen LogP contribution >= 0.6 is 0 Å². The largest absolute Gasteiger partial charge is 0.388 e. The number of carbonyl (C=O) groups is 1. The highest BCUT2D eigenvalue weighted by Crippen LogP contribution is 2.16. The Balaban J connectivity index is 2.14. The highest BCUT2D eigenvalue weighted by atomic mass is 19.1. The predicted octanol–water partition coefficient (Wildman–Crippen LogP) is 2.46. The van der Waals surface area contributed by atoms with Crippen LogP contribution in [0.1, 0.15) is 37.0 Å². The second kappa shape index (κ2) is 6.50. The zero-order valence-electron chi connectivity index (χ0n) is 13.8. The average Bonchev–Trinajstić information content (AvgIpc) is 2.87. The lowest BCUT2D eigenvalue weighted by Gasteiger charge is -2.27. The normalized spacial score (nSPS) is 13.9. The van der Waals surface area contributed by atoms with Gasteiger partial charge in [0.15, 0.2) is 5.69 Å². The second-order valence-electron chi connectivity index (χ2n) is 6.25. The molecule has 0 saturated carbocycles. The molecule has 124 valence electrons. The van der Waals surface area contributed by atoms with E-state index >= 15 is 0 Å². The number of aryl methyl sites for hydroxylation is 1. The number of hydrogen-bond donors (Lipinski definition) is 2. The minimum Gasteiger partial charge on any atom is -0.388 e. The highest BCUT2D eigenvalue weighted by molar-refractivity contribution is 5.92. The molecule has 2 N–H and O–H groups in total. The Morgan fingerprint density at radius 2 is 2.00 bits per heavy atom. The number of halogens is 1. The molecule has 2 rings (SSSR count). The number of hydrogen-bond acceptors (Lipinski definition) is 3. The van der Waals surface area contributed by atoms with E-state index in [1.807, 2.05) is 20.8 Å². The van der Waals surface area contributed by atoms with Crippen molar-refractivity contribution in [3.63, 3.8) is 0 Å². The Labute approximate surface area is 135 Å². The molecule has 5 nitrogen and oxygen atoms in total. The summed E-state index contributed by atoms with van der Waals surface area (Å²) in [6.45, 7) is 7.42. The summed E-state index contributed by atoms with van der Waals surface area (Å²) < 4.78 is 14.6. The zero-order valence-corrected chi connectivity index (χ0v) is 13.8. The molecule has 1 unspecified atom stereocenters. The van der Waals surface area contributed by atoms with E-state index in [4.69, 9.17) is 0 Å². The molecule has 6 heteroatoms. The van der Waals surface area contributed by atoms with Crippen molar-refractivity contribution in [3.8, 4) is 5.69 Å². The molecule has 0 fully saturated rings. The summed E-state index contributed by atoms with van der Waals surface area (Å²) in [6.07, 6.45) is 0. The van der Waals surface area contributed by atoms with Gasteiger partial charge >= 0.3 is 0 Å². The fourth-order valence-electron chi connectivity index (χ4n) is 1.98. The Morgan fingerprint density at radius 3 is 2.57 bits per heavy atom. The van der Waals surface area contributed by atoms with E-state index < -0.39 is 5.60 Å². The maximum atomic E-state index is 13.0. The number of nitrogens with one attached hydrogen (secondary N) is 1. The summed E-state index contributed by atoms with van der Waals surface area (Å²) >= 11 is 0. The van der Waals surface area contributed by atoms with Crippen molar-refractivity contribution in [1.29, 1.82) is 0 Å². The number of aromatic nitrogens is 2. The van der Waals surface area contributed by atoms with Gasteiger partial charge in [0.1, 0.15) is 5.82 Å². The van der Waals surface area contributed by atoms with E-state index in [0.717, 1.165) is 5.69 Å². The lowest BCUT2D eigenvalue weighted by molar-refractivity contribution is 0.0142. The van der Waals surface area contributed by atoms with Gasteiger partial charge in [-0.15, -0.1) is 0 Å². The summed E-state index contributed by atoms with van der Waals surface area (Å²) in [5.74, 6) is -0.663. The van der Waals surface area contributed by atoms with Gasteiger partial charge in [-0.3, -0.25) is 4.79 Å². The quantitative estimate of drug-likeness (QED) is 0.889. The average molecular weight is 319 g/mol. The molecule has 2 aromatic rings. The van der Waals surface area contributed by atoms with E-state index in [0.29, 0.717) is 5.69 Å². The second-order valence-corrected chi connectivity index (χ2v) is 6.25. The summed E-state index contributed by atoms with van der Waals surface area (Å²) in [6, 6.07) is 7.54. The third-order valence-electron chi connectivity index (χ3n) is 4.04. The smallest absolute Gasteiger partial charge is 0.271 e. The first-order valence-electron chi connectivity index (χ1n) is 7.54. The van der Waals surface area contributed by atoms with Crippen LogP contribution in [-0.4, -0.2) is 32.9 Å². The van der Waals surface area contributed by atoms with Crippen LogP contribution in [0.4, 0.5) is 4.39 Å². The maximum absolute atomic E-state index is 13.0. The van der Waals surface area contributed by atoms with Gasteiger partial charge in [-0.2, -0.15) is 5.10 Å². The van der Waals surface area contributed by atoms with Crippen LogP contribution < -0.4 is 5.32 Å². The van der Waals surface area contributed by atoms with E-state index in [1.54, 1.807) is 29.8 Å². The van der Waals surface area contributed by atoms with Gasteiger partial charge in [0.05, 0.1) is 11.3 Å². The monoisotopic (exact) mass is 319 g/mol. The molecule has 1 atom stereocenters. The first kappa shape index (κ1) is 17.1. The standard InChI is InChI=1S/C17H22FN3O2/c1-11(2)17(4,23)10-19-16(22)15-9-12(3)21(20-15)14-7-5-13(18)6-8-14/h5-9,11,23H,10H2,1-4H3,(H,19,22). The lowest BCUT2D eigenvalue weighted by atomic mass is 9.92. The summed E-state index contributed by atoms with van der Waals surface area (Å²) in [5, 5.41) is 17.1. The molecule has 0 bridgehead atoms. The van der Waals surface area contributed by atoms with Crippen molar-refractivity contribution in [2.45, 2.75) is 33.3 Å². The molecule has 1 aromatic heterocycles. The Kier molecular flexibility index (Phi) is 4.85. The molecule has 0 aliphatic heterocycles. The first-order valence-corrected chi connectivity index (χ1v) is 7.54. The van der Waals surface area contributed by atoms with E-state index in [2.05, 4.69) is 10.4 Å². The van der Waals surface area contributed by atoms with Gasteiger partial charge < -0.3 is 10.4 Å². The molecule has 1 amide bonds. The van der Waals surface area contributed by atoms with Crippen molar-refractivity contribution >= 4 is 5.91 Å². The third kappa shape index (κ3) is 3.96. The van der Waals surface area contributed by atoms with Gasteiger partial charge in [0.2, 0.25) is 0 Å². The van der Waals surface area contributed by atoms with Crippen LogP contribution in [-0.2, 0) is 0 Å². The van der Waals surface area contributed by atoms with Crippen molar-refractivity contribution in [1.82, 2.24) is 15.1 Å². The molecule has 1 heterocycles. The molecule has 0 spiro atoms. The first-order chi connectivity index (χ1) is 10.7. The lowest BCUT2D eigenvalue weighted by Crippen LogP contribution is -2.44. The number of carbonyl (C=O) groups excluding carboxylic acids is 1. The van der Waals surface area contributed by atoms with Crippen LogP contribution in [0.25, 0.3) is 5.69 Å². The topological polar surface area (TPSA) is 67.2 Å². The summed E-state index contributed by atoms with van der Waals surface area (Å²) in [5.41, 5.74) is 0.713. The molecule has 0 radical (unpaired) electrons. The van der Waals surface area contributed by atoms with E-state index in [-0.39, 0.29) is 29.9 Å². The number of aliphatic hydroxyl groups is 1. The van der Waals surface area contributed by atoms with E-state index in [1.165, 1.54) is 12.1 Å². The van der Waals surface area contributed by atoms with Gasteiger partial charge in [-0.25, -0.2) is 9.07 Å². The number of benzene rings is 1. The van der Waals surface area contributed by atoms with Crippen molar-refractivity contribution < 1.29 is 14.3 Å².